The molecule has 5 rings (SSSR count). The summed E-state index contributed by atoms with van der Waals surface area (Å²) in [6.45, 7) is 12.0. The zero-order chi connectivity index (χ0) is 32.4. The van der Waals surface area contributed by atoms with Crippen molar-refractivity contribution in [3.8, 4) is 0 Å². The predicted molar refractivity (Wildman–Crippen MR) is 179 cm³/mol. The lowest BCUT2D eigenvalue weighted by Gasteiger charge is -2.44. The van der Waals surface area contributed by atoms with Gasteiger partial charge in [0.1, 0.15) is 17.2 Å². The van der Waals surface area contributed by atoms with Crippen LogP contribution in [0.3, 0.4) is 0 Å². The first-order valence-electron chi connectivity index (χ1n) is 15.3. The zero-order valence-corrected chi connectivity index (χ0v) is 27.8. The van der Waals surface area contributed by atoms with E-state index in [-0.39, 0.29) is 17.2 Å². The van der Waals surface area contributed by atoms with Crippen LogP contribution in [-0.2, 0) is 9.16 Å². The van der Waals surface area contributed by atoms with Crippen molar-refractivity contribution in [3.05, 3.63) is 138 Å². The van der Waals surface area contributed by atoms with E-state index in [9.17, 15) is 9.18 Å². The number of amides is 1. The molecule has 0 N–H and O–H groups in total. The number of rotatable bonds is 7. The Morgan fingerprint density at radius 3 is 1.82 bits per heavy atom. The second-order valence-corrected chi connectivity index (χ2v) is 17.8. The minimum Gasteiger partial charge on any atom is -0.444 e. The number of nitrogens with zero attached hydrogens (tertiary/aromatic N) is 1. The number of hydrogen-bond donors (Lipinski definition) is 0. The molecule has 0 spiro atoms. The van der Waals surface area contributed by atoms with Crippen molar-refractivity contribution in [2.45, 2.75) is 64.3 Å². The number of ether oxygens (including phenoxy) is 1. The zero-order valence-electron chi connectivity index (χ0n) is 26.8. The molecular formula is C38H41F2NO3Si. The highest BCUT2D eigenvalue weighted by Crippen LogP contribution is 2.43. The molecule has 4 aromatic carbocycles. The van der Waals surface area contributed by atoms with Crippen LogP contribution in [0.25, 0.3) is 5.57 Å². The van der Waals surface area contributed by atoms with Gasteiger partial charge in [-0.2, -0.15) is 0 Å². The van der Waals surface area contributed by atoms with E-state index in [2.05, 4.69) is 45.0 Å². The van der Waals surface area contributed by atoms with Gasteiger partial charge in [-0.25, -0.2) is 13.6 Å². The second-order valence-electron chi connectivity index (χ2n) is 13.5. The molecule has 0 fully saturated rings. The second kappa shape index (κ2) is 12.7. The Hall–Kier alpha value is -4.07. The van der Waals surface area contributed by atoms with Gasteiger partial charge in [-0.15, -0.1) is 0 Å². The summed E-state index contributed by atoms with van der Waals surface area (Å²) in [5.41, 5.74) is 0.613. The molecule has 1 amide bonds. The summed E-state index contributed by atoms with van der Waals surface area (Å²) >= 11 is 0. The number of carbonyl (C=O) groups excluding carboxylic acids is 1. The number of benzene rings is 4. The molecular weight excluding hydrogens is 585 g/mol. The van der Waals surface area contributed by atoms with Crippen molar-refractivity contribution < 1.29 is 22.7 Å². The van der Waals surface area contributed by atoms with E-state index in [0.717, 1.165) is 28.1 Å². The van der Waals surface area contributed by atoms with Crippen molar-refractivity contribution in [1.82, 2.24) is 4.90 Å². The first kappa shape index (κ1) is 32.3. The highest BCUT2D eigenvalue weighted by Gasteiger charge is 2.52. The molecule has 2 atom stereocenters. The Morgan fingerprint density at radius 2 is 1.31 bits per heavy atom. The molecule has 0 aromatic heterocycles. The van der Waals surface area contributed by atoms with Crippen LogP contribution in [0.2, 0.25) is 5.04 Å². The molecule has 7 heteroatoms. The van der Waals surface area contributed by atoms with E-state index in [0.29, 0.717) is 5.57 Å². The number of hydrogen-bond acceptors (Lipinski definition) is 3. The molecule has 0 bridgehead atoms. The van der Waals surface area contributed by atoms with Gasteiger partial charge < -0.3 is 9.16 Å². The fourth-order valence-corrected chi connectivity index (χ4v) is 10.9. The molecule has 4 aromatic rings. The normalized spacial score (nSPS) is 17.2. The first-order valence-corrected chi connectivity index (χ1v) is 17.2. The van der Waals surface area contributed by atoms with Crippen LogP contribution in [0.1, 0.15) is 58.7 Å². The topological polar surface area (TPSA) is 38.8 Å². The number of carbonyl (C=O) groups is 1. The summed E-state index contributed by atoms with van der Waals surface area (Å²) in [4.78, 5) is 15.7. The van der Waals surface area contributed by atoms with E-state index in [4.69, 9.17) is 9.16 Å². The summed E-state index contributed by atoms with van der Waals surface area (Å²) in [5, 5.41) is 1.82. The molecule has 4 nitrogen and oxygen atoms in total. The van der Waals surface area contributed by atoms with Crippen LogP contribution in [0.5, 0.6) is 0 Å². The largest absolute Gasteiger partial charge is 0.444 e. The van der Waals surface area contributed by atoms with Gasteiger partial charge in [-0.05, 0) is 65.5 Å². The molecule has 234 valence electrons. The van der Waals surface area contributed by atoms with Crippen molar-refractivity contribution in [2.24, 2.45) is 0 Å². The summed E-state index contributed by atoms with van der Waals surface area (Å²) in [6, 6.07) is 32.0. The Morgan fingerprint density at radius 1 is 0.778 bits per heavy atom. The van der Waals surface area contributed by atoms with Crippen molar-refractivity contribution in [2.75, 3.05) is 6.61 Å². The fraction of sp³-hybridized carbons (Fsp3) is 0.289. The lowest BCUT2D eigenvalue weighted by Crippen LogP contribution is -2.67. The van der Waals surface area contributed by atoms with Crippen LogP contribution >= 0.6 is 0 Å². The molecule has 0 saturated heterocycles. The average molecular weight is 626 g/mol. The van der Waals surface area contributed by atoms with E-state index in [1.54, 1.807) is 4.90 Å². The monoisotopic (exact) mass is 625 g/mol. The summed E-state index contributed by atoms with van der Waals surface area (Å²) in [5.74, 6) is -1.14. The minimum atomic E-state index is -3.06. The Labute approximate surface area is 266 Å². The maximum atomic E-state index is 15.5. The van der Waals surface area contributed by atoms with Gasteiger partial charge in [0, 0.05) is 5.56 Å². The van der Waals surface area contributed by atoms with Gasteiger partial charge >= 0.3 is 6.09 Å². The molecule has 1 heterocycles. The third-order valence-corrected chi connectivity index (χ3v) is 13.2. The van der Waals surface area contributed by atoms with Gasteiger partial charge in [0.05, 0.1) is 18.7 Å². The third kappa shape index (κ3) is 6.65. The maximum Gasteiger partial charge on any atom is 0.411 e. The smallest absolute Gasteiger partial charge is 0.411 e. The van der Waals surface area contributed by atoms with E-state index >= 15 is 4.39 Å². The van der Waals surface area contributed by atoms with Gasteiger partial charge in [-0.3, -0.25) is 4.90 Å². The Bertz CT molecular complexity index is 1610. The molecule has 1 aliphatic heterocycles. The van der Waals surface area contributed by atoms with E-state index < -0.39 is 43.7 Å². The Balaban J connectivity index is 1.69. The van der Waals surface area contributed by atoms with Gasteiger partial charge in [0.15, 0.2) is 0 Å². The predicted octanol–water partition coefficient (Wildman–Crippen LogP) is 8.29. The lowest BCUT2D eigenvalue weighted by atomic mass is 9.99. The van der Waals surface area contributed by atoms with Crippen LogP contribution in [-0.4, -0.2) is 37.6 Å². The summed E-state index contributed by atoms with van der Waals surface area (Å²) < 4.78 is 43.5. The lowest BCUT2D eigenvalue weighted by molar-refractivity contribution is 0.0128. The maximum absolute atomic E-state index is 15.5. The number of halogens is 2. The molecule has 0 saturated carbocycles. The fourth-order valence-electron chi connectivity index (χ4n) is 6.29. The Kier molecular flexibility index (Phi) is 9.15. The van der Waals surface area contributed by atoms with Crippen LogP contribution in [0.4, 0.5) is 13.6 Å². The quantitative estimate of drug-likeness (QED) is 0.194. The first-order chi connectivity index (χ1) is 21.3. The van der Waals surface area contributed by atoms with Crippen LogP contribution in [0, 0.1) is 11.6 Å². The van der Waals surface area contributed by atoms with Gasteiger partial charge in [0.25, 0.3) is 8.32 Å². The van der Waals surface area contributed by atoms with Gasteiger partial charge in [-0.1, -0.05) is 118 Å². The van der Waals surface area contributed by atoms with E-state index in [1.165, 1.54) is 6.07 Å². The third-order valence-electron chi connectivity index (χ3n) is 8.19. The molecule has 0 radical (unpaired) electrons. The average Bonchev–Trinajstić information content (AvgIpc) is 3.38. The standard InChI is InChI=1S/C38H41F2NO3Si/c1-37(2,3)44-36(42)41-34(27-16-10-7-11-17-27)25-32(31-24-28(39)22-23-33(31)40)35(41)26-43-45(38(4,5)6,29-18-12-8-13-19-29)30-20-14-9-15-21-30/h7-25,34-35H,26H2,1-6H3. The van der Waals surface area contributed by atoms with E-state index in [1.807, 2.05) is 93.6 Å². The molecule has 0 aliphatic carbocycles. The molecule has 45 heavy (non-hydrogen) atoms. The van der Waals surface area contributed by atoms with Crippen molar-refractivity contribution >= 4 is 30.4 Å². The highest BCUT2D eigenvalue weighted by molar-refractivity contribution is 6.99. The summed E-state index contributed by atoms with van der Waals surface area (Å²) in [6.07, 6.45) is 1.28. The molecule has 1 aliphatic rings. The summed E-state index contributed by atoms with van der Waals surface area (Å²) in [7, 11) is -3.06. The van der Waals surface area contributed by atoms with Crippen molar-refractivity contribution in [3.63, 3.8) is 0 Å². The van der Waals surface area contributed by atoms with Gasteiger partial charge in [0.2, 0.25) is 0 Å². The van der Waals surface area contributed by atoms with Crippen molar-refractivity contribution in [1.29, 1.82) is 0 Å². The highest BCUT2D eigenvalue weighted by atomic mass is 28.4. The minimum absolute atomic E-state index is 0.0393. The SMILES string of the molecule is CC(C)(C)OC(=O)N1C(CO[Si](c2ccccc2)(c2ccccc2)C(C)(C)C)C(c2cc(F)ccc2F)=CC1c1ccccc1. The van der Waals surface area contributed by atoms with Crippen LogP contribution < -0.4 is 10.4 Å². The molecule has 2 unspecified atom stereocenters. The van der Waals surface area contributed by atoms with Crippen LogP contribution in [0.15, 0.2) is 115 Å².